The van der Waals surface area contributed by atoms with Crippen LogP contribution in [0.15, 0.2) is 0 Å². The molecule has 6 heteroatoms. The van der Waals surface area contributed by atoms with Crippen LogP contribution < -0.4 is 0 Å². The molecule has 0 atom stereocenters. The van der Waals surface area contributed by atoms with E-state index in [-0.39, 0.29) is 58.2 Å². The molecule has 0 fully saturated rings. The topological polar surface area (TPSA) is 54.4 Å². The van der Waals surface area contributed by atoms with E-state index in [4.69, 9.17) is 13.0 Å². The Kier molecular flexibility index (Phi) is 6.40. The number of rotatable bonds is 0. The van der Waals surface area contributed by atoms with Crippen LogP contribution in [0.3, 0.4) is 0 Å². The van der Waals surface area contributed by atoms with Crippen molar-refractivity contribution in [3.63, 3.8) is 0 Å². The zero-order valence-electron chi connectivity index (χ0n) is 3.05. The molecule has 6 heavy (non-hydrogen) atoms. The van der Waals surface area contributed by atoms with E-state index in [1.807, 2.05) is 0 Å². The van der Waals surface area contributed by atoms with Crippen LogP contribution in [-0.2, 0) is 10.5 Å². The molecule has 0 rings (SSSR count). The van der Waals surface area contributed by atoms with Crippen molar-refractivity contribution in [2.24, 2.45) is 0 Å². The third-order valence-electron chi connectivity index (χ3n) is 0. The fourth-order valence-electron chi connectivity index (χ4n) is 0. The van der Waals surface area contributed by atoms with Gasteiger partial charge < -0.3 is 0 Å². The van der Waals surface area contributed by atoms with E-state index in [9.17, 15) is 3.89 Å². The summed E-state index contributed by atoms with van der Waals surface area (Å²) in [6, 6.07) is 0. The smallest absolute Gasteiger partial charge is 0.260 e. The summed E-state index contributed by atoms with van der Waals surface area (Å²) in [6.07, 6.45) is 0. The van der Waals surface area contributed by atoms with Gasteiger partial charge in [-0.3, -0.25) is 4.55 Å². The van der Waals surface area contributed by atoms with E-state index in [0.717, 1.165) is 0 Å². The van der Waals surface area contributed by atoms with Gasteiger partial charge in [0.25, 0.3) is 0 Å². The van der Waals surface area contributed by atoms with E-state index in [2.05, 4.69) is 0 Å². The molecular weight excluding hydrogens is 185 g/mol. The van der Waals surface area contributed by atoms with Gasteiger partial charge in [-0.2, -0.15) is 8.42 Å². The van der Waals surface area contributed by atoms with Crippen molar-refractivity contribution in [2.45, 2.75) is 0 Å². The quantitative estimate of drug-likeness (QED) is 0.404. The van der Waals surface area contributed by atoms with Gasteiger partial charge in [-0.25, -0.2) is 0 Å². The van der Waals surface area contributed by atoms with Gasteiger partial charge in [0.05, 0.1) is 0 Å². The SMILES string of the molecule is O=S(=O)(O)F.[Rb]. The van der Waals surface area contributed by atoms with E-state index >= 15 is 0 Å². The zero-order chi connectivity index (χ0) is 4.50. The van der Waals surface area contributed by atoms with Gasteiger partial charge >= 0.3 is 10.5 Å². The Bertz CT molecular complexity index is 94.0. The molecule has 0 aromatic rings. The Morgan fingerprint density at radius 1 is 1.50 bits per heavy atom. The second-order valence-corrected chi connectivity index (χ2v) is 1.24. The van der Waals surface area contributed by atoms with Crippen LogP contribution in [-0.4, -0.2) is 71.2 Å². The van der Waals surface area contributed by atoms with Gasteiger partial charge in [0.15, 0.2) is 0 Å². The summed E-state index contributed by atoms with van der Waals surface area (Å²) < 4.78 is 34.1. The van der Waals surface area contributed by atoms with Crippen molar-refractivity contribution in [2.75, 3.05) is 0 Å². The van der Waals surface area contributed by atoms with Crippen LogP contribution >= 0.6 is 0 Å². The van der Waals surface area contributed by atoms with Crippen LogP contribution in [0.1, 0.15) is 0 Å². The molecule has 1 N–H and O–H groups in total. The molecule has 0 bridgehead atoms. The Morgan fingerprint density at radius 3 is 1.50 bits per heavy atom. The van der Waals surface area contributed by atoms with Crippen molar-refractivity contribution >= 4 is 68.7 Å². The number of halogens is 1. The maximum Gasteiger partial charge on any atom is 0.435 e. The second-order valence-electron chi connectivity index (χ2n) is 0.412. The Morgan fingerprint density at radius 2 is 1.50 bits per heavy atom. The molecule has 0 saturated heterocycles. The molecule has 0 unspecified atom stereocenters. The zero-order valence-corrected chi connectivity index (χ0v) is 8.78. The fraction of sp³-hybridized carbons (Fsp3) is 0. The van der Waals surface area contributed by atoms with E-state index < -0.39 is 10.5 Å². The minimum absolute atomic E-state index is 0. The third kappa shape index (κ3) is 45.0. The molecule has 0 aromatic carbocycles. The van der Waals surface area contributed by atoms with Crippen LogP contribution in [0.5, 0.6) is 0 Å². The summed E-state index contributed by atoms with van der Waals surface area (Å²) in [4.78, 5) is 0. The first-order valence-electron chi connectivity index (χ1n) is 0.670. The molecule has 0 amide bonds. The third-order valence-corrected chi connectivity index (χ3v) is 0. The van der Waals surface area contributed by atoms with Gasteiger partial charge in [0, 0.05) is 58.2 Å². The van der Waals surface area contributed by atoms with Crippen molar-refractivity contribution in [3.8, 4) is 0 Å². The van der Waals surface area contributed by atoms with Crippen molar-refractivity contribution in [1.29, 1.82) is 0 Å². The van der Waals surface area contributed by atoms with Gasteiger partial charge in [-0.1, -0.05) is 3.89 Å². The minimum Gasteiger partial charge on any atom is -0.260 e. The van der Waals surface area contributed by atoms with Crippen molar-refractivity contribution in [1.82, 2.24) is 0 Å². The standard InChI is InChI=1S/FHO3S.Rb/c1-5(2,3)4;/h(H,2,3,4);. The molecule has 3 nitrogen and oxygen atoms in total. The average molecular weight is 186 g/mol. The maximum atomic E-state index is 10.2. The Balaban J connectivity index is 0. The summed E-state index contributed by atoms with van der Waals surface area (Å²) >= 11 is 0. The first-order valence-corrected chi connectivity index (χ1v) is 2.01. The Hall–Kier alpha value is 1.65. The predicted octanol–water partition coefficient (Wildman–Crippen LogP) is -0.622. The molecular formula is HFO3RbS. The first-order chi connectivity index (χ1) is 2.00. The Labute approximate surface area is 83.8 Å². The van der Waals surface area contributed by atoms with E-state index in [1.165, 1.54) is 0 Å². The van der Waals surface area contributed by atoms with E-state index in [0.29, 0.717) is 0 Å². The average Bonchev–Trinajstić information content (AvgIpc) is 0.722. The van der Waals surface area contributed by atoms with Gasteiger partial charge in [0.2, 0.25) is 0 Å². The molecule has 0 aliphatic heterocycles. The largest absolute Gasteiger partial charge is 0.435 e. The predicted molar refractivity (Wildman–Crippen MR) is 18.4 cm³/mol. The number of hydrogen-bond acceptors (Lipinski definition) is 2. The van der Waals surface area contributed by atoms with Crippen LogP contribution in [0.2, 0.25) is 0 Å². The summed E-state index contributed by atoms with van der Waals surface area (Å²) in [5.41, 5.74) is 0. The monoisotopic (exact) mass is 185 g/mol. The molecule has 1 radical (unpaired) electrons. The van der Waals surface area contributed by atoms with Crippen LogP contribution in [0.25, 0.3) is 0 Å². The molecule has 0 spiro atoms. The minimum atomic E-state index is -5.17. The fourth-order valence-corrected chi connectivity index (χ4v) is 0. The maximum absolute atomic E-state index is 10.2. The summed E-state index contributed by atoms with van der Waals surface area (Å²) in [6.45, 7) is 0. The van der Waals surface area contributed by atoms with Crippen molar-refractivity contribution in [3.05, 3.63) is 0 Å². The van der Waals surface area contributed by atoms with Gasteiger partial charge in [0.1, 0.15) is 0 Å². The summed E-state index contributed by atoms with van der Waals surface area (Å²) in [5.74, 6) is 0. The molecule has 0 aliphatic carbocycles. The molecule has 0 aliphatic rings. The van der Waals surface area contributed by atoms with Crippen LogP contribution in [0, 0.1) is 0 Å². The summed E-state index contributed by atoms with van der Waals surface area (Å²) in [7, 11) is -5.17. The molecule has 33 valence electrons. The normalized spacial score (nSPS) is 9.67. The molecule has 0 heterocycles. The summed E-state index contributed by atoms with van der Waals surface area (Å²) in [5, 5.41) is 0. The van der Waals surface area contributed by atoms with E-state index in [1.54, 1.807) is 0 Å². The first kappa shape index (κ1) is 10.6. The van der Waals surface area contributed by atoms with Crippen LogP contribution in [0.4, 0.5) is 3.89 Å². The van der Waals surface area contributed by atoms with Gasteiger partial charge in [-0.15, -0.1) is 0 Å². The van der Waals surface area contributed by atoms with Gasteiger partial charge in [-0.05, 0) is 0 Å². The number of hydrogen-bond donors (Lipinski definition) is 1. The molecule has 0 aromatic heterocycles. The second kappa shape index (κ2) is 3.62. The molecule has 0 saturated carbocycles. The van der Waals surface area contributed by atoms with Crippen molar-refractivity contribution < 1.29 is 16.9 Å².